The summed E-state index contributed by atoms with van der Waals surface area (Å²) in [6.45, 7) is -0.0483. The number of benzene rings is 2. The van der Waals surface area contributed by atoms with Gasteiger partial charge in [0.1, 0.15) is 6.07 Å². The van der Waals surface area contributed by atoms with Gasteiger partial charge in [0.15, 0.2) is 9.84 Å². The van der Waals surface area contributed by atoms with Gasteiger partial charge in [0, 0.05) is 17.3 Å². The zero-order valence-corrected chi connectivity index (χ0v) is 14.5. The van der Waals surface area contributed by atoms with E-state index >= 15 is 0 Å². The highest BCUT2D eigenvalue weighted by atomic mass is 32.2. The van der Waals surface area contributed by atoms with Gasteiger partial charge in [-0.15, -0.1) is 0 Å². The molecule has 0 spiro atoms. The van der Waals surface area contributed by atoms with E-state index in [1.165, 1.54) is 6.20 Å². The maximum absolute atomic E-state index is 12.3. The van der Waals surface area contributed by atoms with Gasteiger partial charge in [0.05, 0.1) is 34.0 Å². The Morgan fingerprint density at radius 1 is 1.19 bits per heavy atom. The Morgan fingerprint density at radius 2 is 1.96 bits per heavy atom. The number of nitrogens with zero attached hydrogens (tertiary/aromatic N) is 2. The van der Waals surface area contributed by atoms with E-state index in [0.29, 0.717) is 39.0 Å². The predicted molar refractivity (Wildman–Crippen MR) is 97.9 cm³/mol. The molecule has 130 valence electrons. The van der Waals surface area contributed by atoms with Gasteiger partial charge in [-0.1, -0.05) is 12.1 Å². The predicted octanol–water partition coefficient (Wildman–Crippen LogP) is 2.67. The van der Waals surface area contributed by atoms with Crippen LogP contribution in [0.2, 0.25) is 0 Å². The van der Waals surface area contributed by atoms with Crippen LogP contribution in [-0.4, -0.2) is 24.3 Å². The number of nitrogens with one attached hydrogen (secondary N) is 1. The van der Waals surface area contributed by atoms with Crippen molar-refractivity contribution in [3.8, 4) is 6.07 Å². The van der Waals surface area contributed by atoms with Gasteiger partial charge in [0.25, 0.3) is 0 Å². The summed E-state index contributed by atoms with van der Waals surface area (Å²) >= 11 is 0. The van der Waals surface area contributed by atoms with Gasteiger partial charge in [0.2, 0.25) is 0 Å². The first-order chi connectivity index (χ1) is 12.5. The van der Waals surface area contributed by atoms with E-state index in [0.717, 1.165) is 11.3 Å². The number of sulfone groups is 1. The summed E-state index contributed by atoms with van der Waals surface area (Å²) < 4.78 is 24.5. The molecule has 0 unspecified atom stereocenters. The molecule has 0 radical (unpaired) electrons. The first-order valence-corrected chi connectivity index (χ1v) is 9.73. The molecule has 0 amide bonds. The van der Waals surface area contributed by atoms with Gasteiger partial charge in [-0.05, 0) is 41.8 Å². The highest BCUT2D eigenvalue weighted by Crippen LogP contribution is 2.38. The molecule has 26 heavy (non-hydrogen) atoms. The minimum Gasteiger partial charge on any atom is -0.392 e. The summed E-state index contributed by atoms with van der Waals surface area (Å²) in [5.41, 5.74) is 3.79. The van der Waals surface area contributed by atoms with Crippen LogP contribution in [0.25, 0.3) is 10.9 Å². The standard InChI is InChI=1S/C19H15N3O3S/c20-9-13-10-21-16-5-6-17-15(7-8-26(17,24)25)18(16)19(13)22-14-3-1-12(11-23)2-4-14/h1-6,10,23H,7-8,11H2,(H,21,22). The van der Waals surface area contributed by atoms with Gasteiger partial charge in [-0.25, -0.2) is 8.42 Å². The third-order valence-electron chi connectivity index (χ3n) is 4.58. The quantitative estimate of drug-likeness (QED) is 0.740. The van der Waals surface area contributed by atoms with Crippen molar-refractivity contribution in [2.24, 2.45) is 0 Å². The lowest BCUT2D eigenvalue weighted by molar-refractivity contribution is 0.282. The zero-order valence-electron chi connectivity index (χ0n) is 13.7. The number of aromatic nitrogens is 1. The summed E-state index contributed by atoms with van der Waals surface area (Å²) in [5, 5.41) is 22.6. The molecule has 0 aliphatic carbocycles. The number of aliphatic hydroxyl groups is 1. The van der Waals surface area contributed by atoms with Gasteiger partial charge >= 0.3 is 0 Å². The van der Waals surface area contributed by atoms with Crippen LogP contribution in [0.5, 0.6) is 0 Å². The summed E-state index contributed by atoms with van der Waals surface area (Å²) in [4.78, 5) is 4.64. The number of fused-ring (bicyclic) bond motifs is 3. The van der Waals surface area contributed by atoms with E-state index in [-0.39, 0.29) is 12.4 Å². The largest absolute Gasteiger partial charge is 0.392 e. The van der Waals surface area contributed by atoms with E-state index in [1.807, 2.05) is 0 Å². The van der Waals surface area contributed by atoms with Crippen LogP contribution in [-0.2, 0) is 22.9 Å². The lowest BCUT2D eigenvalue weighted by atomic mass is 10.0. The Morgan fingerprint density at radius 3 is 2.65 bits per heavy atom. The Labute approximate surface area is 150 Å². The smallest absolute Gasteiger partial charge is 0.179 e. The van der Waals surface area contributed by atoms with Crippen LogP contribution in [0, 0.1) is 11.3 Å². The molecule has 4 rings (SSSR count). The minimum atomic E-state index is -3.28. The number of pyridine rings is 1. The molecule has 3 aromatic rings. The van der Waals surface area contributed by atoms with Crippen LogP contribution >= 0.6 is 0 Å². The number of rotatable bonds is 3. The molecule has 0 bridgehead atoms. The van der Waals surface area contributed by atoms with Crippen LogP contribution < -0.4 is 5.32 Å². The Bertz CT molecular complexity index is 1160. The van der Waals surface area contributed by atoms with E-state index in [1.54, 1.807) is 36.4 Å². The maximum atomic E-state index is 12.3. The molecule has 0 atom stereocenters. The molecule has 2 aromatic carbocycles. The molecule has 7 heteroatoms. The van der Waals surface area contributed by atoms with Crippen molar-refractivity contribution in [2.75, 3.05) is 11.1 Å². The monoisotopic (exact) mass is 365 g/mol. The second kappa shape index (κ2) is 6.09. The summed E-state index contributed by atoms with van der Waals surface area (Å²) in [6, 6.07) is 12.6. The zero-order chi connectivity index (χ0) is 18.3. The molecule has 0 saturated carbocycles. The molecule has 2 heterocycles. The Balaban J connectivity index is 1.94. The molecular formula is C19H15N3O3S. The third kappa shape index (κ3) is 2.60. The van der Waals surface area contributed by atoms with Crippen molar-refractivity contribution in [3.63, 3.8) is 0 Å². The van der Waals surface area contributed by atoms with Gasteiger partial charge < -0.3 is 10.4 Å². The Hall–Kier alpha value is -2.95. The molecule has 0 fully saturated rings. The van der Waals surface area contributed by atoms with Crippen LogP contribution in [0.15, 0.2) is 47.5 Å². The fraction of sp³-hybridized carbons (Fsp3) is 0.158. The lowest BCUT2D eigenvalue weighted by Gasteiger charge is -2.14. The van der Waals surface area contributed by atoms with Crippen LogP contribution in [0.4, 0.5) is 11.4 Å². The van der Waals surface area contributed by atoms with Crippen LogP contribution in [0.1, 0.15) is 16.7 Å². The number of aryl methyl sites for hydroxylation is 1. The first-order valence-electron chi connectivity index (χ1n) is 8.08. The number of hydrogen-bond acceptors (Lipinski definition) is 6. The average Bonchev–Trinajstić information content (AvgIpc) is 2.97. The maximum Gasteiger partial charge on any atom is 0.179 e. The highest BCUT2D eigenvalue weighted by molar-refractivity contribution is 7.91. The van der Waals surface area contributed by atoms with E-state index in [9.17, 15) is 13.7 Å². The number of anilines is 2. The molecule has 6 nitrogen and oxygen atoms in total. The highest BCUT2D eigenvalue weighted by Gasteiger charge is 2.29. The van der Waals surface area contributed by atoms with Crippen molar-refractivity contribution < 1.29 is 13.5 Å². The van der Waals surface area contributed by atoms with E-state index in [4.69, 9.17) is 5.11 Å². The SMILES string of the molecule is N#Cc1cnc2ccc3c(c2c1Nc1ccc(CO)cc1)CCS3(=O)=O. The van der Waals surface area contributed by atoms with Crippen LogP contribution in [0.3, 0.4) is 0 Å². The molecule has 1 aliphatic heterocycles. The summed E-state index contributed by atoms with van der Waals surface area (Å²) in [6.07, 6.45) is 1.90. The first kappa shape index (κ1) is 16.5. The summed E-state index contributed by atoms with van der Waals surface area (Å²) in [7, 11) is -3.28. The number of aliphatic hydroxyl groups excluding tert-OH is 1. The number of hydrogen-bond donors (Lipinski definition) is 2. The Kier molecular flexibility index (Phi) is 3.87. The van der Waals surface area contributed by atoms with Crippen molar-refractivity contribution >= 4 is 32.1 Å². The van der Waals surface area contributed by atoms with Crippen molar-refractivity contribution in [2.45, 2.75) is 17.9 Å². The summed E-state index contributed by atoms with van der Waals surface area (Å²) in [5.74, 6) is 0.0723. The van der Waals surface area contributed by atoms with Crippen molar-refractivity contribution in [3.05, 3.63) is 59.3 Å². The van der Waals surface area contributed by atoms with E-state index < -0.39 is 9.84 Å². The third-order valence-corrected chi connectivity index (χ3v) is 6.38. The van der Waals surface area contributed by atoms with Gasteiger partial charge in [-0.2, -0.15) is 5.26 Å². The van der Waals surface area contributed by atoms with Gasteiger partial charge in [-0.3, -0.25) is 4.98 Å². The fourth-order valence-electron chi connectivity index (χ4n) is 3.27. The molecular weight excluding hydrogens is 350 g/mol. The van der Waals surface area contributed by atoms with Crippen molar-refractivity contribution in [1.82, 2.24) is 4.98 Å². The lowest BCUT2D eigenvalue weighted by Crippen LogP contribution is -2.00. The van der Waals surface area contributed by atoms with Crippen molar-refractivity contribution in [1.29, 1.82) is 5.26 Å². The molecule has 1 aromatic heterocycles. The second-order valence-corrected chi connectivity index (χ2v) is 8.22. The molecule has 2 N–H and O–H groups in total. The number of nitriles is 1. The fourth-order valence-corrected chi connectivity index (χ4v) is 4.82. The normalized spacial score (nSPS) is 14.8. The topological polar surface area (TPSA) is 103 Å². The minimum absolute atomic E-state index is 0.0483. The average molecular weight is 365 g/mol. The molecule has 1 aliphatic rings. The van der Waals surface area contributed by atoms with E-state index in [2.05, 4.69) is 16.4 Å². The second-order valence-electron chi connectivity index (χ2n) is 6.14. The molecule has 0 saturated heterocycles.